The normalized spacial score (nSPS) is 20.6. The van der Waals surface area contributed by atoms with Crippen molar-refractivity contribution in [3.05, 3.63) is 47.7 Å². The third-order valence-corrected chi connectivity index (χ3v) is 6.94. The standard InChI is InChI=1S/C18H22F2N4O2S/c1-22(12-13-4-5-13)27(25,26)24-18(8-9-21-24)23-10-2-3-17(23)15-11-14(19)6-7-16(15)20/h6-9,11,13,17H,2-5,10,12H2,1H3/t17-/m1/s1. The number of anilines is 1. The first kappa shape index (κ1) is 18.4. The van der Waals surface area contributed by atoms with Gasteiger partial charge in [-0.3, -0.25) is 0 Å². The van der Waals surface area contributed by atoms with Gasteiger partial charge in [-0.05, 0) is 49.8 Å². The minimum atomic E-state index is -3.81. The SMILES string of the molecule is CN(CC1CC1)S(=O)(=O)n1nccc1N1CCC[C@@H]1c1cc(F)ccc1F. The van der Waals surface area contributed by atoms with E-state index in [1.165, 1.54) is 16.6 Å². The number of nitrogens with zero attached hydrogens (tertiary/aromatic N) is 4. The van der Waals surface area contributed by atoms with Crippen molar-refractivity contribution in [2.45, 2.75) is 31.7 Å². The third-order valence-electron chi connectivity index (χ3n) is 5.28. The molecule has 6 nitrogen and oxygen atoms in total. The van der Waals surface area contributed by atoms with E-state index in [4.69, 9.17) is 0 Å². The molecule has 0 spiro atoms. The first-order valence-electron chi connectivity index (χ1n) is 9.10. The second-order valence-electron chi connectivity index (χ2n) is 7.28. The van der Waals surface area contributed by atoms with E-state index in [9.17, 15) is 17.2 Å². The van der Waals surface area contributed by atoms with Gasteiger partial charge in [-0.25, -0.2) is 8.78 Å². The molecule has 1 aromatic carbocycles. The summed E-state index contributed by atoms with van der Waals surface area (Å²) in [7, 11) is -2.26. The first-order chi connectivity index (χ1) is 12.9. The first-order valence-corrected chi connectivity index (χ1v) is 10.5. The van der Waals surface area contributed by atoms with Crippen molar-refractivity contribution in [1.82, 2.24) is 13.5 Å². The molecule has 4 rings (SSSR count). The summed E-state index contributed by atoms with van der Waals surface area (Å²) in [5.41, 5.74) is 0.240. The largest absolute Gasteiger partial charge is 0.349 e. The fraction of sp³-hybridized carbons (Fsp3) is 0.500. The summed E-state index contributed by atoms with van der Waals surface area (Å²) in [6, 6.07) is 4.56. The van der Waals surface area contributed by atoms with Gasteiger partial charge in [-0.15, -0.1) is 4.09 Å². The summed E-state index contributed by atoms with van der Waals surface area (Å²) in [5, 5.41) is 4.03. The maximum atomic E-state index is 14.3. The average Bonchev–Trinajstić information content (AvgIpc) is 3.12. The monoisotopic (exact) mass is 396 g/mol. The number of benzene rings is 1. The lowest BCUT2D eigenvalue weighted by Crippen LogP contribution is -2.37. The van der Waals surface area contributed by atoms with Crippen LogP contribution < -0.4 is 4.90 Å². The van der Waals surface area contributed by atoms with Crippen LogP contribution in [0.4, 0.5) is 14.6 Å². The Morgan fingerprint density at radius 3 is 2.74 bits per heavy atom. The average molecular weight is 396 g/mol. The van der Waals surface area contributed by atoms with E-state index in [2.05, 4.69) is 5.10 Å². The minimum absolute atomic E-state index is 0.240. The van der Waals surface area contributed by atoms with Crippen LogP contribution in [0.2, 0.25) is 0 Å². The number of halogens is 2. The van der Waals surface area contributed by atoms with Gasteiger partial charge >= 0.3 is 10.2 Å². The fourth-order valence-corrected chi connectivity index (χ4v) is 4.93. The number of rotatable bonds is 6. The Labute approximate surface area is 157 Å². The number of aromatic nitrogens is 2. The van der Waals surface area contributed by atoms with Gasteiger partial charge in [0, 0.05) is 31.8 Å². The molecule has 146 valence electrons. The molecule has 0 N–H and O–H groups in total. The molecule has 1 atom stereocenters. The Bertz CT molecular complexity index is 943. The lowest BCUT2D eigenvalue weighted by Gasteiger charge is -2.28. The number of hydrogen-bond acceptors (Lipinski definition) is 4. The number of hydrogen-bond donors (Lipinski definition) is 0. The van der Waals surface area contributed by atoms with Crippen LogP contribution in [0.1, 0.15) is 37.3 Å². The quantitative estimate of drug-likeness (QED) is 0.753. The highest BCUT2D eigenvalue weighted by Crippen LogP contribution is 2.38. The van der Waals surface area contributed by atoms with Crippen molar-refractivity contribution in [1.29, 1.82) is 0 Å². The summed E-state index contributed by atoms with van der Waals surface area (Å²) in [6.07, 6.45) is 4.88. The van der Waals surface area contributed by atoms with Crippen LogP contribution in [0, 0.1) is 17.6 Å². The van der Waals surface area contributed by atoms with Crippen molar-refractivity contribution in [3.63, 3.8) is 0 Å². The smallest absolute Gasteiger partial charge is 0.324 e. The molecule has 0 bridgehead atoms. The van der Waals surface area contributed by atoms with Gasteiger partial charge in [-0.2, -0.15) is 17.8 Å². The Morgan fingerprint density at radius 2 is 2.00 bits per heavy atom. The third kappa shape index (κ3) is 3.45. The summed E-state index contributed by atoms with van der Waals surface area (Å²) >= 11 is 0. The van der Waals surface area contributed by atoms with Crippen molar-refractivity contribution >= 4 is 16.0 Å². The van der Waals surface area contributed by atoms with Crippen molar-refractivity contribution in [2.24, 2.45) is 5.92 Å². The van der Waals surface area contributed by atoms with E-state index >= 15 is 0 Å². The highest BCUT2D eigenvalue weighted by Gasteiger charge is 2.35. The van der Waals surface area contributed by atoms with E-state index in [1.807, 2.05) is 0 Å². The summed E-state index contributed by atoms with van der Waals surface area (Å²) in [6.45, 7) is 1.01. The van der Waals surface area contributed by atoms with Crippen LogP contribution in [0.15, 0.2) is 30.5 Å². The molecule has 1 aromatic heterocycles. The maximum Gasteiger partial charge on any atom is 0.324 e. The van der Waals surface area contributed by atoms with E-state index in [-0.39, 0.29) is 5.56 Å². The van der Waals surface area contributed by atoms with Gasteiger partial charge in [0.15, 0.2) is 0 Å². The Balaban J connectivity index is 1.67. The lowest BCUT2D eigenvalue weighted by atomic mass is 10.0. The van der Waals surface area contributed by atoms with Crippen molar-refractivity contribution in [3.8, 4) is 0 Å². The summed E-state index contributed by atoms with van der Waals surface area (Å²) < 4.78 is 56.2. The van der Waals surface area contributed by atoms with Crippen LogP contribution in [-0.4, -0.2) is 42.0 Å². The molecule has 2 heterocycles. The molecule has 0 unspecified atom stereocenters. The molecular weight excluding hydrogens is 374 g/mol. The van der Waals surface area contributed by atoms with Crippen LogP contribution in [0.25, 0.3) is 0 Å². The summed E-state index contributed by atoms with van der Waals surface area (Å²) in [4.78, 5) is 1.80. The predicted octanol–water partition coefficient (Wildman–Crippen LogP) is 2.94. The topological polar surface area (TPSA) is 58.4 Å². The van der Waals surface area contributed by atoms with E-state index in [1.54, 1.807) is 18.0 Å². The zero-order chi connectivity index (χ0) is 19.2. The molecule has 2 aromatic rings. The van der Waals surface area contributed by atoms with Gasteiger partial charge in [-0.1, -0.05) is 0 Å². The Hall–Kier alpha value is -2.00. The molecule has 27 heavy (non-hydrogen) atoms. The van der Waals surface area contributed by atoms with Crippen LogP contribution >= 0.6 is 0 Å². The van der Waals surface area contributed by atoms with E-state index in [0.29, 0.717) is 31.2 Å². The lowest BCUT2D eigenvalue weighted by molar-refractivity contribution is 0.441. The molecule has 1 aliphatic carbocycles. The highest BCUT2D eigenvalue weighted by atomic mass is 32.2. The summed E-state index contributed by atoms with van der Waals surface area (Å²) in [5.74, 6) is -0.217. The van der Waals surface area contributed by atoms with E-state index in [0.717, 1.165) is 35.5 Å². The molecule has 2 aliphatic rings. The van der Waals surface area contributed by atoms with Gasteiger partial charge in [0.25, 0.3) is 0 Å². The molecule has 0 radical (unpaired) electrons. The van der Waals surface area contributed by atoms with Crippen LogP contribution in [-0.2, 0) is 10.2 Å². The fourth-order valence-electron chi connectivity index (χ4n) is 3.69. The second kappa shape index (κ2) is 6.87. The van der Waals surface area contributed by atoms with Crippen molar-refractivity contribution < 1.29 is 17.2 Å². The molecule has 1 aliphatic heterocycles. The van der Waals surface area contributed by atoms with Crippen LogP contribution in [0.3, 0.4) is 0 Å². The minimum Gasteiger partial charge on any atom is -0.349 e. The Kier molecular flexibility index (Phi) is 4.67. The van der Waals surface area contributed by atoms with Crippen molar-refractivity contribution in [2.75, 3.05) is 25.0 Å². The second-order valence-corrected chi connectivity index (χ2v) is 9.15. The van der Waals surface area contributed by atoms with Gasteiger partial charge in [0.05, 0.1) is 12.2 Å². The highest BCUT2D eigenvalue weighted by molar-refractivity contribution is 7.87. The molecule has 1 saturated heterocycles. The van der Waals surface area contributed by atoms with Gasteiger partial charge in [0.1, 0.15) is 17.5 Å². The van der Waals surface area contributed by atoms with E-state index < -0.39 is 27.9 Å². The Morgan fingerprint density at radius 1 is 1.22 bits per heavy atom. The predicted molar refractivity (Wildman–Crippen MR) is 97.6 cm³/mol. The zero-order valence-electron chi connectivity index (χ0n) is 15.1. The zero-order valence-corrected chi connectivity index (χ0v) is 15.9. The molecule has 1 saturated carbocycles. The maximum absolute atomic E-state index is 14.3. The van der Waals surface area contributed by atoms with Gasteiger partial charge in [0.2, 0.25) is 0 Å². The molecule has 9 heteroatoms. The van der Waals surface area contributed by atoms with Crippen LogP contribution in [0.5, 0.6) is 0 Å². The molecular formula is C18H22F2N4O2S. The molecule has 2 fully saturated rings. The van der Waals surface area contributed by atoms with Gasteiger partial charge < -0.3 is 4.90 Å². The molecule has 0 amide bonds.